The van der Waals surface area contributed by atoms with Crippen LogP contribution in [0.15, 0.2) is 29.3 Å². The number of hydrogen-bond acceptors (Lipinski definition) is 5. The molecular formula is C17H17F6N5O3S. The quantitative estimate of drug-likeness (QED) is 0.675. The molecular weight excluding hydrogens is 468 g/mol. The summed E-state index contributed by atoms with van der Waals surface area (Å²) >= 11 is 0. The van der Waals surface area contributed by atoms with Gasteiger partial charge in [-0.15, -0.1) is 5.10 Å². The molecule has 0 unspecified atom stereocenters. The van der Waals surface area contributed by atoms with Crippen LogP contribution in [0.4, 0.5) is 26.3 Å². The lowest BCUT2D eigenvalue weighted by Gasteiger charge is -2.43. The number of hydrogen-bond donors (Lipinski definition) is 1. The highest BCUT2D eigenvalue weighted by Gasteiger charge is 2.42. The van der Waals surface area contributed by atoms with E-state index in [2.05, 4.69) is 15.4 Å². The Balaban J connectivity index is 1.97. The minimum atomic E-state index is -5.19. The molecule has 15 heteroatoms. The van der Waals surface area contributed by atoms with E-state index in [4.69, 9.17) is 0 Å². The normalized spacial score (nSPS) is 21.1. The number of rotatable bonds is 3. The fourth-order valence-electron chi connectivity index (χ4n) is 3.38. The van der Waals surface area contributed by atoms with Crippen molar-refractivity contribution in [1.82, 2.24) is 24.6 Å². The third-order valence-electron chi connectivity index (χ3n) is 5.00. The number of nitrogens with zero attached hydrogens (tertiary/aromatic N) is 4. The lowest BCUT2D eigenvalue weighted by atomic mass is 10.1. The Morgan fingerprint density at radius 2 is 1.56 bits per heavy atom. The Labute approximate surface area is 178 Å². The number of carbonyl (C=O) groups excluding carboxylic acids is 1. The van der Waals surface area contributed by atoms with Crippen molar-refractivity contribution in [1.29, 1.82) is 0 Å². The van der Waals surface area contributed by atoms with Gasteiger partial charge in [-0.25, -0.2) is 8.42 Å². The molecule has 0 saturated carbocycles. The summed E-state index contributed by atoms with van der Waals surface area (Å²) in [5.41, 5.74) is -3.41. The SMILES string of the molecule is C[C@@H]1CN(C(=O)c2cnn[nH]2)[C@@H](C)CN1S(=O)(=O)c1cc(C(F)(F)F)cc(C(F)(F)F)c1. The van der Waals surface area contributed by atoms with Crippen LogP contribution in [-0.4, -0.2) is 64.1 Å². The van der Waals surface area contributed by atoms with E-state index in [0.29, 0.717) is 0 Å². The molecule has 8 nitrogen and oxygen atoms in total. The van der Waals surface area contributed by atoms with Crippen LogP contribution in [0.25, 0.3) is 0 Å². The van der Waals surface area contributed by atoms with Crippen molar-refractivity contribution < 1.29 is 39.6 Å². The van der Waals surface area contributed by atoms with Crippen molar-refractivity contribution in [3.63, 3.8) is 0 Å². The number of amides is 1. The summed E-state index contributed by atoms with van der Waals surface area (Å²) in [5.74, 6) is -0.523. The lowest BCUT2D eigenvalue weighted by molar-refractivity contribution is -0.143. The van der Waals surface area contributed by atoms with Crippen LogP contribution in [0.1, 0.15) is 35.5 Å². The molecule has 1 aromatic heterocycles. The van der Waals surface area contributed by atoms with E-state index in [1.165, 1.54) is 24.9 Å². The van der Waals surface area contributed by atoms with Crippen LogP contribution >= 0.6 is 0 Å². The molecule has 1 fully saturated rings. The minimum absolute atomic E-state index is 0.0491. The van der Waals surface area contributed by atoms with Crippen LogP contribution in [0.2, 0.25) is 0 Å². The van der Waals surface area contributed by atoms with Crippen molar-refractivity contribution in [3.8, 4) is 0 Å². The Bertz CT molecular complexity index is 1070. The van der Waals surface area contributed by atoms with Crippen LogP contribution in [-0.2, 0) is 22.4 Å². The van der Waals surface area contributed by atoms with Crippen LogP contribution in [0.3, 0.4) is 0 Å². The van der Waals surface area contributed by atoms with Crippen molar-refractivity contribution in [2.75, 3.05) is 13.1 Å². The molecule has 3 rings (SSSR count). The summed E-state index contributed by atoms with van der Waals surface area (Å²) in [6.07, 6.45) is -9.20. The van der Waals surface area contributed by atoms with E-state index in [0.717, 1.165) is 4.31 Å². The third kappa shape index (κ3) is 4.57. The van der Waals surface area contributed by atoms with Gasteiger partial charge in [0.1, 0.15) is 5.69 Å². The highest BCUT2D eigenvalue weighted by Crippen LogP contribution is 2.38. The van der Waals surface area contributed by atoms with Gasteiger partial charge in [-0.05, 0) is 32.0 Å². The highest BCUT2D eigenvalue weighted by molar-refractivity contribution is 7.89. The first-order valence-corrected chi connectivity index (χ1v) is 10.5. The van der Waals surface area contributed by atoms with Crippen molar-refractivity contribution in [3.05, 3.63) is 41.2 Å². The van der Waals surface area contributed by atoms with Crippen LogP contribution < -0.4 is 0 Å². The number of carbonyl (C=O) groups is 1. The molecule has 0 spiro atoms. The van der Waals surface area contributed by atoms with E-state index in [1.54, 1.807) is 0 Å². The number of halogens is 6. The topological polar surface area (TPSA) is 99.3 Å². The zero-order valence-electron chi connectivity index (χ0n) is 16.6. The van der Waals surface area contributed by atoms with Gasteiger partial charge < -0.3 is 4.90 Å². The van der Waals surface area contributed by atoms with Gasteiger partial charge in [0, 0.05) is 25.2 Å². The van der Waals surface area contributed by atoms with E-state index >= 15 is 0 Å². The van der Waals surface area contributed by atoms with Crippen molar-refractivity contribution in [2.24, 2.45) is 0 Å². The zero-order chi connectivity index (χ0) is 24.1. The molecule has 1 aliphatic rings. The van der Waals surface area contributed by atoms with Crippen molar-refractivity contribution in [2.45, 2.75) is 43.2 Å². The van der Waals surface area contributed by atoms with Crippen LogP contribution in [0.5, 0.6) is 0 Å². The molecule has 1 N–H and O–H groups in total. The van der Waals surface area contributed by atoms with Gasteiger partial charge in [-0.1, -0.05) is 5.21 Å². The number of H-pyrrole nitrogens is 1. The fraction of sp³-hybridized carbons (Fsp3) is 0.471. The number of benzene rings is 1. The molecule has 1 saturated heterocycles. The molecule has 2 heterocycles. The van der Waals surface area contributed by atoms with E-state index in [-0.39, 0.29) is 37.0 Å². The first kappa shape index (κ1) is 24.0. The molecule has 1 amide bonds. The molecule has 0 bridgehead atoms. The number of piperazine rings is 1. The predicted octanol–water partition coefficient (Wildman–Crippen LogP) is 2.77. The Morgan fingerprint density at radius 1 is 1.00 bits per heavy atom. The second-order valence-corrected chi connectivity index (χ2v) is 9.23. The van der Waals surface area contributed by atoms with E-state index in [9.17, 15) is 39.6 Å². The van der Waals surface area contributed by atoms with Gasteiger partial charge in [0.2, 0.25) is 10.0 Å². The molecule has 32 heavy (non-hydrogen) atoms. The second kappa shape index (κ2) is 8.03. The number of aromatic amines is 1. The second-order valence-electron chi connectivity index (χ2n) is 7.34. The minimum Gasteiger partial charge on any atom is -0.332 e. The highest BCUT2D eigenvalue weighted by atomic mass is 32.2. The largest absolute Gasteiger partial charge is 0.416 e. The smallest absolute Gasteiger partial charge is 0.332 e. The lowest BCUT2D eigenvalue weighted by Crippen LogP contribution is -2.59. The zero-order valence-corrected chi connectivity index (χ0v) is 17.4. The van der Waals surface area contributed by atoms with Crippen LogP contribution in [0, 0.1) is 0 Å². The van der Waals surface area contributed by atoms with E-state index in [1.807, 2.05) is 0 Å². The fourth-order valence-corrected chi connectivity index (χ4v) is 5.15. The first-order chi connectivity index (χ1) is 14.6. The van der Waals surface area contributed by atoms with Crippen molar-refractivity contribution >= 4 is 15.9 Å². The predicted molar refractivity (Wildman–Crippen MR) is 96.7 cm³/mol. The molecule has 1 aromatic carbocycles. The average molecular weight is 485 g/mol. The maximum Gasteiger partial charge on any atom is 0.416 e. The summed E-state index contributed by atoms with van der Waals surface area (Å²) < 4.78 is 106. The number of aromatic nitrogens is 3. The summed E-state index contributed by atoms with van der Waals surface area (Å²) in [6.45, 7) is 2.41. The Hall–Kier alpha value is -2.68. The summed E-state index contributed by atoms with van der Waals surface area (Å²) in [5, 5.41) is 9.29. The monoisotopic (exact) mass is 485 g/mol. The average Bonchev–Trinajstić information content (AvgIpc) is 3.22. The molecule has 2 atom stereocenters. The Kier molecular flexibility index (Phi) is 6.01. The molecule has 0 radical (unpaired) electrons. The molecule has 0 aliphatic carbocycles. The standard InChI is InChI=1S/C17H17F6N5O3S/c1-9-8-28(10(2)7-27(9)15(29)14-6-24-26-25-14)32(30,31)13-4-11(16(18,19)20)3-12(5-13)17(21,22)23/h3-6,9-10H,7-8H2,1-2H3,(H,24,25,26)/t9-,10+/m0/s1. The number of sulfonamides is 1. The summed E-state index contributed by atoms with van der Waals surface area (Å²) in [7, 11) is -4.75. The molecule has 2 aromatic rings. The maximum absolute atomic E-state index is 13.1. The Morgan fingerprint density at radius 3 is 2.03 bits per heavy atom. The summed E-state index contributed by atoms with van der Waals surface area (Å²) in [4.78, 5) is 12.7. The summed E-state index contributed by atoms with van der Waals surface area (Å²) in [6, 6.07) is -1.45. The van der Waals surface area contributed by atoms with Gasteiger partial charge in [-0.3, -0.25) is 9.89 Å². The van der Waals surface area contributed by atoms with Gasteiger partial charge >= 0.3 is 12.4 Å². The third-order valence-corrected chi connectivity index (χ3v) is 6.96. The van der Waals surface area contributed by atoms with Gasteiger partial charge in [0.05, 0.1) is 22.2 Å². The molecule has 176 valence electrons. The number of alkyl halides is 6. The first-order valence-electron chi connectivity index (χ1n) is 9.10. The van der Waals surface area contributed by atoms with E-state index < -0.39 is 56.4 Å². The van der Waals surface area contributed by atoms with Gasteiger partial charge in [-0.2, -0.15) is 30.6 Å². The molecule has 1 aliphatic heterocycles. The van der Waals surface area contributed by atoms with Gasteiger partial charge in [0.15, 0.2) is 0 Å². The van der Waals surface area contributed by atoms with Gasteiger partial charge in [0.25, 0.3) is 5.91 Å². The number of nitrogens with one attached hydrogen (secondary N) is 1. The maximum atomic E-state index is 13.1.